The van der Waals surface area contributed by atoms with Crippen molar-refractivity contribution in [3.63, 3.8) is 0 Å². The van der Waals surface area contributed by atoms with Gasteiger partial charge in [-0.25, -0.2) is 4.79 Å². The summed E-state index contributed by atoms with van der Waals surface area (Å²) in [7, 11) is 0. The fourth-order valence-corrected chi connectivity index (χ4v) is 3.37. The molecule has 90 valence electrons. The van der Waals surface area contributed by atoms with Crippen molar-refractivity contribution >= 4 is 27.7 Å². The summed E-state index contributed by atoms with van der Waals surface area (Å²) >= 11 is 3.56. The zero-order chi connectivity index (χ0) is 11.9. The number of ether oxygens (including phenoxy) is 1. The van der Waals surface area contributed by atoms with Crippen molar-refractivity contribution in [2.45, 2.75) is 18.4 Å². The average molecular weight is 297 g/mol. The molecule has 0 aliphatic carbocycles. The van der Waals surface area contributed by atoms with Crippen LogP contribution in [0.1, 0.15) is 18.4 Å². The molecule has 0 bridgehead atoms. The van der Waals surface area contributed by atoms with Crippen LogP contribution in [0, 0.1) is 0 Å². The fraction of sp³-hybridized carbons (Fsp3) is 0.417. The van der Waals surface area contributed by atoms with Gasteiger partial charge in [0.1, 0.15) is 5.60 Å². The van der Waals surface area contributed by atoms with Crippen molar-refractivity contribution in [1.82, 2.24) is 5.32 Å². The predicted molar refractivity (Wildman–Crippen MR) is 68.0 cm³/mol. The molecule has 17 heavy (non-hydrogen) atoms. The number of rotatable bonds is 0. The third kappa shape index (κ3) is 1.73. The van der Waals surface area contributed by atoms with Crippen LogP contribution in [-0.4, -0.2) is 19.2 Å². The maximum atomic E-state index is 11.6. The Hall–Kier alpha value is -1.07. The Kier molecular flexibility index (Phi) is 2.60. The molecule has 2 aliphatic heterocycles. The first-order chi connectivity index (χ1) is 8.21. The van der Waals surface area contributed by atoms with E-state index in [4.69, 9.17) is 4.74 Å². The van der Waals surface area contributed by atoms with E-state index in [9.17, 15) is 4.79 Å². The van der Waals surface area contributed by atoms with Crippen molar-refractivity contribution in [3.05, 3.63) is 28.2 Å². The van der Waals surface area contributed by atoms with Crippen LogP contribution in [0.25, 0.3) is 0 Å². The third-order valence-electron chi connectivity index (χ3n) is 3.41. The number of fused-ring (bicyclic) bond motifs is 2. The maximum absolute atomic E-state index is 11.6. The van der Waals surface area contributed by atoms with Crippen molar-refractivity contribution in [2.75, 3.05) is 18.4 Å². The molecule has 0 aromatic heterocycles. The van der Waals surface area contributed by atoms with E-state index in [2.05, 4.69) is 26.6 Å². The van der Waals surface area contributed by atoms with Crippen LogP contribution < -0.4 is 10.6 Å². The van der Waals surface area contributed by atoms with Crippen LogP contribution in [0.3, 0.4) is 0 Å². The third-order valence-corrected chi connectivity index (χ3v) is 4.07. The van der Waals surface area contributed by atoms with Crippen LogP contribution in [0.15, 0.2) is 22.7 Å². The van der Waals surface area contributed by atoms with E-state index >= 15 is 0 Å². The summed E-state index contributed by atoms with van der Waals surface area (Å²) in [4.78, 5) is 11.6. The lowest BCUT2D eigenvalue weighted by Gasteiger charge is -2.41. The Morgan fingerprint density at radius 3 is 2.82 bits per heavy atom. The van der Waals surface area contributed by atoms with E-state index in [-0.39, 0.29) is 6.09 Å². The lowest BCUT2D eigenvalue weighted by Crippen LogP contribution is -2.47. The predicted octanol–water partition coefficient (Wildman–Crippen LogP) is 2.59. The molecule has 2 heterocycles. The molecule has 1 aromatic rings. The number of hydrogen-bond donors (Lipinski definition) is 2. The second-order valence-corrected chi connectivity index (χ2v) is 5.28. The molecule has 5 heteroatoms. The lowest BCUT2D eigenvalue weighted by molar-refractivity contribution is -0.0131. The molecule has 0 atom stereocenters. The van der Waals surface area contributed by atoms with Gasteiger partial charge in [-0.1, -0.05) is 22.0 Å². The smallest absolute Gasteiger partial charge is 0.412 e. The van der Waals surface area contributed by atoms with Gasteiger partial charge < -0.3 is 10.1 Å². The lowest BCUT2D eigenvalue weighted by atomic mass is 9.83. The van der Waals surface area contributed by atoms with Gasteiger partial charge in [-0.15, -0.1) is 0 Å². The molecule has 2 N–H and O–H groups in total. The summed E-state index contributed by atoms with van der Waals surface area (Å²) in [5, 5.41) is 6.06. The number of halogens is 1. The molecule has 1 spiro atoms. The standard InChI is InChI=1S/C12H13BrN2O2/c13-8-2-1-3-9-10(8)12(17-11(16)15-9)4-6-14-7-5-12/h1-3,14H,4-7H2,(H,15,16). The first-order valence-electron chi connectivity index (χ1n) is 5.71. The first kappa shape index (κ1) is 11.0. The summed E-state index contributed by atoms with van der Waals surface area (Å²) in [6.07, 6.45) is 1.28. The number of piperidine rings is 1. The molecule has 1 fully saturated rings. The van der Waals surface area contributed by atoms with Crippen LogP contribution >= 0.6 is 15.9 Å². The number of amides is 1. The van der Waals surface area contributed by atoms with Crippen molar-refractivity contribution < 1.29 is 9.53 Å². The summed E-state index contributed by atoms with van der Waals surface area (Å²) in [6, 6.07) is 5.83. The Morgan fingerprint density at radius 2 is 2.06 bits per heavy atom. The highest BCUT2D eigenvalue weighted by Gasteiger charge is 2.44. The van der Waals surface area contributed by atoms with Crippen molar-refractivity contribution in [1.29, 1.82) is 0 Å². The van der Waals surface area contributed by atoms with E-state index in [1.807, 2.05) is 18.2 Å². The molecule has 0 saturated carbocycles. The fourth-order valence-electron chi connectivity index (χ4n) is 2.64. The van der Waals surface area contributed by atoms with Crippen LogP contribution in [0.5, 0.6) is 0 Å². The van der Waals surface area contributed by atoms with E-state index < -0.39 is 5.60 Å². The van der Waals surface area contributed by atoms with E-state index in [1.165, 1.54) is 0 Å². The van der Waals surface area contributed by atoms with Gasteiger partial charge in [-0.3, -0.25) is 5.32 Å². The first-order valence-corrected chi connectivity index (χ1v) is 6.50. The van der Waals surface area contributed by atoms with Crippen LogP contribution in [0.2, 0.25) is 0 Å². The molecule has 1 amide bonds. The normalized spacial score (nSPS) is 21.6. The second-order valence-electron chi connectivity index (χ2n) is 4.42. The number of benzene rings is 1. The molecular weight excluding hydrogens is 284 g/mol. The number of hydrogen-bond acceptors (Lipinski definition) is 3. The Morgan fingerprint density at radius 1 is 1.29 bits per heavy atom. The SMILES string of the molecule is O=C1Nc2cccc(Br)c2C2(CCNCC2)O1. The molecule has 1 saturated heterocycles. The minimum atomic E-state index is -0.469. The van der Waals surface area contributed by atoms with Gasteiger partial charge in [0.25, 0.3) is 0 Å². The monoisotopic (exact) mass is 296 g/mol. The van der Waals surface area contributed by atoms with Gasteiger partial charge in [0, 0.05) is 22.9 Å². The Bertz CT molecular complexity index is 470. The summed E-state index contributed by atoms with van der Waals surface area (Å²) < 4.78 is 6.60. The molecular formula is C12H13BrN2O2. The highest BCUT2D eigenvalue weighted by atomic mass is 79.9. The van der Waals surface area contributed by atoms with Gasteiger partial charge >= 0.3 is 6.09 Å². The molecule has 1 aromatic carbocycles. The van der Waals surface area contributed by atoms with Gasteiger partial charge in [-0.2, -0.15) is 0 Å². The van der Waals surface area contributed by atoms with Crippen molar-refractivity contribution in [3.8, 4) is 0 Å². The Balaban J connectivity index is 2.15. The zero-order valence-electron chi connectivity index (χ0n) is 9.25. The summed E-state index contributed by atoms with van der Waals surface area (Å²) in [5.74, 6) is 0. The molecule has 3 rings (SSSR count). The van der Waals surface area contributed by atoms with Crippen LogP contribution in [-0.2, 0) is 10.3 Å². The van der Waals surface area contributed by atoms with Gasteiger partial charge in [-0.05, 0) is 25.2 Å². The number of anilines is 1. The summed E-state index contributed by atoms with van der Waals surface area (Å²) in [6.45, 7) is 1.74. The minimum Gasteiger partial charge on any atom is -0.438 e. The minimum absolute atomic E-state index is 0.350. The van der Waals surface area contributed by atoms with Gasteiger partial charge in [0.2, 0.25) is 0 Å². The Labute approximate surface area is 108 Å². The largest absolute Gasteiger partial charge is 0.438 e. The number of nitrogens with one attached hydrogen (secondary N) is 2. The highest BCUT2D eigenvalue weighted by Crippen LogP contribution is 2.45. The molecule has 4 nitrogen and oxygen atoms in total. The quantitative estimate of drug-likeness (QED) is 0.774. The topological polar surface area (TPSA) is 50.4 Å². The van der Waals surface area contributed by atoms with Crippen LogP contribution in [0.4, 0.5) is 10.5 Å². The zero-order valence-corrected chi connectivity index (χ0v) is 10.8. The number of carbonyl (C=O) groups is 1. The van der Waals surface area contributed by atoms with E-state index in [0.29, 0.717) is 0 Å². The molecule has 0 unspecified atom stereocenters. The molecule has 0 radical (unpaired) electrons. The van der Waals surface area contributed by atoms with Gasteiger partial charge in [0.15, 0.2) is 0 Å². The number of carbonyl (C=O) groups excluding carboxylic acids is 1. The highest BCUT2D eigenvalue weighted by molar-refractivity contribution is 9.10. The van der Waals surface area contributed by atoms with Gasteiger partial charge in [0.05, 0.1) is 5.69 Å². The average Bonchev–Trinajstić information content (AvgIpc) is 2.29. The van der Waals surface area contributed by atoms with Crippen molar-refractivity contribution in [2.24, 2.45) is 0 Å². The van der Waals surface area contributed by atoms with E-state index in [0.717, 1.165) is 41.7 Å². The second kappa shape index (κ2) is 3.99. The summed E-state index contributed by atoms with van der Waals surface area (Å²) in [5.41, 5.74) is 1.46. The maximum Gasteiger partial charge on any atom is 0.412 e. The molecule has 2 aliphatic rings. The van der Waals surface area contributed by atoms with E-state index in [1.54, 1.807) is 0 Å².